The summed E-state index contributed by atoms with van der Waals surface area (Å²) >= 11 is 5.99. The van der Waals surface area contributed by atoms with Crippen LogP contribution in [0.5, 0.6) is 0 Å². The minimum Gasteiger partial charge on any atom is -0.478 e. The van der Waals surface area contributed by atoms with Crippen LogP contribution >= 0.6 is 11.6 Å². The monoisotopic (exact) mass is 490 g/mol. The summed E-state index contributed by atoms with van der Waals surface area (Å²) in [5.74, 6) is -1.83. The van der Waals surface area contributed by atoms with E-state index >= 15 is 0 Å². The van der Waals surface area contributed by atoms with Gasteiger partial charge >= 0.3 is 12.1 Å². The third-order valence-electron chi connectivity index (χ3n) is 6.46. The van der Waals surface area contributed by atoms with Crippen molar-refractivity contribution in [2.24, 2.45) is 5.92 Å². The van der Waals surface area contributed by atoms with Crippen molar-refractivity contribution < 1.29 is 24.2 Å². The van der Waals surface area contributed by atoms with Gasteiger partial charge in [-0.3, -0.25) is 4.79 Å². The molecule has 3 aromatic rings. The lowest BCUT2D eigenvalue weighted by Gasteiger charge is -2.20. The third-order valence-corrected chi connectivity index (χ3v) is 6.70. The summed E-state index contributed by atoms with van der Waals surface area (Å²) < 4.78 is 5.58. The first-order valence-corrected chi connectivity index (χ1v) is 11.8. The van der Waals surface area contributed by atoms with E-state index in [-0.39, 0.29) is 34.7 Å². The summed E-state index contributed by atoms with van der Waals surface area (Å²) in [6.07, 6.45) is 0.870. The number of anilines is 1. The van der Waals surface area contributed by atoms with E-state index in [0.29, 0.717) is 0 Å². The minimum atomic E-state index is -1.19. The number of rotatable bonds is 7. The van der Waals surface area contributed by atoms with Crippen LogP contribution in [-0.4, -0.2) is 35.7 Å². The summed E-state index contributed by atoms with van der Waals surface area (Å²) in [5.41, 5.74) is 4.44. The number of hydrogen-bond donors (Lipinski definition) is 3. The van der Waals surface area contributed by atoms with Gasteiger partial charge in [-0.1, -0.05) is 60.1 Å². The molecule has 35 heavy (non-hydrogen) atoms. The number of carbonyl (C=O) groups is 3. The molecule has 3 N–H and O–H groups in total. The van der Waals surface area contributed by atoms with E-state index in [1.54, 1.807) is 0 Å². The Labute approximate surface area is 207 Å². The number of aromatic carboxylic acids is 1. The Kier molecular flexibility index (Phi) is 6.17. The van der Waals surface area contributed by atoms with Crippen LogP contribution in [0.25, 0.3) is 11.1 Å². The number of amides is 2. The van der Waals surface area contributed by atoms with E-state index in [0.717, 1.165) is 35.1 Å². The molecule has 5 rings (SSSR count). The van der Waals surface area contributed by atoms with Crippen LogP contribution in [0, 0.1) is 5.92 Å². The first-order valence-electron chi connectivity index (χ1n) is 11.4. The fraction of sp³-hybridized carbons (Fsp3) is 0.222. The molecule has 0 saturated heterocycles. The van der Waals surface area contributed by atoms with Crippen molar-refractivity contribution in [1.82, 2.24) is 5.32 Å². The lowest BCUT2D eigenvalue weighted by atomic mass is 9.98. The van der Waals surface area contributed by atoms with Crippen LogP contribution in [-0.2, 0) is 9.53 Å². The van der Waals surface area contributed by atoms with E-state index < -0.39 is 24.0 Å². The summed E-state index contributed by atoms with van der Waals surface area (Å²) in [6, 6.07) is 19.4. The zero-order chi connectivity index (χ0) is 24.5. The highest BCUT2D eigenvalue weighted by Crippen LogP contribution is 2.44. The number of carboxylic acid groups (broad SMARTS) is 1. The Bertz CT molecular complexity index is 1270. The second-order valence-electron chi connectivity index (χ2n) is 8.77. The predicted octanol–water partition coefficient (Wildman–Crippen LogP) is 5.29. The molecule has 1 fully saturated rings. The SMILES string of the molecule is O=C(NC(C(=O)Nc1cc(Cl)ccc1C(=O)O)C1CC1)OCC1c2ccccc2-c2ccccc21. The Morgan fingerprint density at radius 2 is 1.60 bits per heavy atom. The fourth-order valence-corrected chi connectivity index (χ4v) is 4.78. The summed E-state index contributed by atoms with van der Waals surface area (Å²) in [6.45, 7) is 0.135. The van der Waals surface area contributed by atoms with Crippen LogP contribution in [0.15, 0.2) is 66.7 Å². The number of nitrogens with one attached hydrogen (secondary N) is 2. The summed E-state index contributed by atoms with van der Waals surface area (Å²) in [4.78, 5) is 37.2. The third kappa shape index (κ3) is 4.72. The van der Waals surface area contributed by atoms with E-state index in [2.05, 4.69) is 22.8 Å². The molecule has 1 atom stereocenters. The number of carbonyl (C=O) groups excluding carboxylic acids is 2. The maximum Gasteiger partial charge on any atom is 0.407 e. The van der Waals surface area contributed by atoms with Crippen LogP contribution in [0.2, 0.25) is 5.02 Å². The molecule has 178 valence electrons. The maximum atomic E-state index is 13.0. The van der Waals surface area contributed by atoms with Crippen molar-refractivity contribution >= 4 is 35.3 Å². The number of hydrogen-bond acceptors (Lipinski definition) is 4. The van der Waals surface area contributed by atoms with E-state index in [1.807, 2.05) is 36.4 Å². The average molecular weight is 491 g/mol. The van der Waals surface area contributed by atoms with Crippen molar-refractivity contribution in [3.8, 4) is 11.1 Å². The number of carboxylic acids is 1. The zero-order valence-electron chi connectivity index (χ0n) is 18.7. The maximum absolute atomic E-state index is 13.0. The van der Waals surface area contributed by atoms with E-state index in [9.17, 15) is 19.5 Å². The molecule has 0 heterocycles. The molecule has 0 bridgehead atoms. The van der Waals surface area contributed by atoms with E-state index in [1.165, 1.54) is 18.2 Å². The molecule has 0 spiro atoms. The van der Waals surface area contributed by atoms with Crippen LogP contribution < -0.4 is 10.6 Å². The summed E-state index contributed by atoms with van der Waals surface area (Å²) in [7, 11) is 0. The Hall–Kier alpha value is -3.84. The number of fused-ring (bicyclic) bond motifs is 3. The molecule has 2 amide bonds. The van der Waals surface area contributed by atoms with Crippen molar-refractivity contribution in [1.29, 1.82) is 0 Å². The van der Waals surface area contributed by atoms with Crippen molar-refractivity contribution in [2.75, 3.05) is 11.9 Å². The molecule has 1 saturated carbocycles. The highest BCUT2D eigenvalue weighted by Gasteiger charge is 2.38. The smallest absolute Gasteiger partial charge is 0.407 e. The lowest BCUT2D eigenvalue weighted by Crippen LogP contribution is -2.45. The van der Waals surface area contributed by atoms with Crippen molar-refractivity contribution in [2.45, 2.75) is 24.8 Å². The van der Waals surface area contributed by atoms with Gasteiger partial charge in [-0.05, 0) is 59.2 Å². The van der Waals surface area contributed by atoms with Crippen molar-refractivity contribution in [3.05, 3.63) is 88.4 Å². The molecule has 1 unspecified atom stereocenters. The number of halogens is 1. The van der Waals surface area contributed by atoms with Gasteiger partial charge < -0.3 is 20.5 Å². The number of benzene rings is 3. The predicted molar refractivity (Wildman–Crippen MR) is 132 cm³/mol. The molecule has 8 heteroatoms. The molecule has 2 aliphatic rings. The van der Waals surface area contributed by atoms with Gasteiger partial charge in [0.2, 0.25) is 5.91 Å². The molecule has 7 nitrogen and oxygen atoms in total. The van der Waals surface area contributed by atoms with Crippen molar-refractivity contribution in [3.63, 3.8) is 0 Å². The largest absolute Gasteiger partial charge is 0.478 e. The fourth-order valence-electron chi connectivity index (χ4n) is 4.61. The molecular weight excluding hydrogens is 468 g/mol. The Balaban J connectivity index is 1.27. The first kappa shape index (κ1) is 22.9. The minimum absolute atomic E-state index is 0.0389. The second kappa shape index (κ2) is 9.43. The highest BCUT2D eigenvalue weighted by molar-refractivity contribution is 6.31. The second-order valence-corrected chi connectivity index (χ2v) is 9.21. The van der Waals surface area contributed by atoms with Crippen LogP contribution in [0.4, 0.5) is 10.5 Å². The normalized spacial score (nSPS) is 15.0. The number of ether oxygens (including phenoxy) is 1. The van der Waals surface area contributed by atoms with Gasteiger partial charge in [0.15, 0.2) is 0 Å². The van der Waals surface area contributed by atoms with Gasteiger partial charge in [0.1, 0.15) is 12.6 Å². The average Bonchev–Trinajstić information content (AvgIpc) is 3.63. The van der Waals surface area contributed by atoms with Gasteiger partial charge in [0.05, 0.1) is 11.3 Å². The lowest BCUT2D eigenvalue weighted by molar-refractivity contribution is -0.118. The molecule has 0 aliphatic heterocycles. The van der Waals surface area contributed by atoms with Crippen LogP contribution in [0.1, 0.15) is 40.2 Å². The standard InChI is InChI=1S/C27H23ClN2O5/c28-16-11-12-21(26(32)33)23(13-16)29-25(31)24(15-9-10-15)30-27(34)35-14-22-19-7-3-1-5-17(19)18-6-2-4-8-20(18)22/h1-8,11-13,15,22,24H,9-10,14H2,(H,29,31)(H,30,34)(H,32,33). The van der Waals surface area contributed by atoms with E-state index in [4.69, 9.17) is 16.3 Å². The molecular formula is C27H23ClN2O5. The topological polar surface area (TPSA) is 105 Å². The molecule has 2 aliphatic carbocycles. The van der Waals surface area contributed by atoms with Gasteiger partial charge in [0.25, 0.3) is 0 Å². The Morgan fingerprint density at radius 3 is 2.20 bits per heavy atom. The van der Waals surface area contributed by atoms with Crippen LogP contribution in [0.3, 0.4) is 0 Å². The quantitative estimate of drug-likeness (QED) is 0.417. The summed E-state index contributed by atoms with van der Waals surface area (Å²) in [5, 5.41) is 15.0. The van der Waals surface area contributed by atoms with Gasteiger partial charge in [-0.15, -0.1) is 0 Å². The molecule has 0 radical (unpaired) electrons. The Morgan fingerprint density at radius 1 is 0.971 bits per heavy atom. The van der Waals surface area contributed by atoms with Gasteiger partial charge in [0, 0.05) is 10.9 Å². The number of alkyl carbamates (subject to hydrolysis) is 1. The molecule has 3 aromatic carbocycles. The van der Waals surface area contributed by atoms with Gasteiger partial charge in [-0.25, -0.2) is 9.59 Å². The van der Waals surface area contributed by atoms with Gasteiger partial charge in [-0.2, -0.15) is 0 Å². The zero-order valence-corrected chi connectivity index (χ0v) is 19.4. The first-order chi connectivity index (χ1) is 16.9. The molecule has 0 aromatic heterocycles. The highest BCUT2D eigenvalue weighted by atomic mass is 35.5.